The monoisotopic (exact) mass is 685 g/mol. The number of ether oxygens (including phenoxy) is 2. The average molecular weight is 686 g/mol. The molecule has 0 radical (unpaired) electrons. The van der Waals surface area contributed by atoms with Crippen molar-refractivity contribution in [3.8, 4) is 11.1 Å². The number of hydrogen-bond acceptors (Lipinski definition) is 6. The molecule has 1 unspecified atom stereocenters. The Kier molecular flexibility index (Phi) is 9.33. The first-order valence-corrected chi connectivity index (χ1v) is 18.5. The Morgan fingerprint density at radius 2 is 1.31 bits per heavy atom. The van der Waals surface area contributed by atoms with Gasteiger partial charge < -0.3 is 18.8 Å². The molecule has 0 N–H and O–H groups in total. The van der Waals surface area contributed by atoms with Crippen molar-refractivity contribution >= 4 is 13.1 Å². The maximum Gasteiger partial charge on any atom is 0.457 e. The molecule has 0 spiro atoms. The van der Waals surface area contributed by atoms with Gasteiger partial charge in [-0.2, -0.15) is 0 Å². The Morgan fingerprint density at radius 1 is 0.784 bits per heavy atom. The van der Waals surface area contributed by atoms with Crippen molar-refractivity contribution in [2.24, 2.45) is 5.41 Å². The van der Waals surface area contributed by atoms with Crippen molar-refractivity contribution in [3.05, 3.63) is 131 Å². The standard InChI is InChI=1S/C44H52BNO5/c1-40(2,3)49-39(47)38-43(31-48-29-32-19-10-8-11-20-32,27-18-28-45-50-41(4,5)42(6,7)51-45)30-46(38)44(33-21-12-9-13-22-33)36-25-16-14-23-34(36)35-24-15-17-26-37(35)44/h8-17,19-26,38H,18,27-31H2,1-7H3/t38?,43-/m1/s1. The second-order valence-corrected chi connectivity index (χ2v) is 16.7. The summed E-state index contributed by atoms with van der Waals surface area (Å²) in [5, 5.41) is 0. The molecule has 2 fully saturated rings. The fraction of sp³-hybridized carbons (Fsp3) is 0.432. The lowest BCUT2D eigenvalue weighted by Crippen LogP contribution is -2.75. The van der Waals surface area contributed by atoms with Crippen LogP contribution in [0.15, 0.2) is 109 Å². The van der Waals surface area contributed by atoms with Crippen molar-refractivity contribution < 1.29 is 23.6 Å². The van der Waals surface area contributed by atoms with E-state index >= 15 is 0 Å². The molecule has 0 aromatic heterocycles. The maximum absolute atomic E-state index is 14.9. The van der Waals surface area contributed by atoms with Crippen molar-refractivity contribution in [3.63, 3.8) is 0 Å². The lowest BCUT2D eigenvalue weighted by molar-refractivity contribution is -0.202. The molecule has 0 amide bonds. The number of fused-ring (bicyclic) bond motifs is 3. The zero-order valence-corrected chi connectivity index (χ0v) is 31.3. The second-order valence-electron chi connectivity index (χ2n) is 16.7. The summed E-state index contributed by atoms with van der Waals surface area (Å²) in [4.78, 5) is 17.3. The molecule has 0 bridgehead atoms. The highest BCUT2D eigenvalue weighted by atomic mass is 16.7. The van der Waals surface area contributed by atoms with E-state index in [1.807, 2.05) is 39.0 Å². The fourth-order valence-electron chi connectivity index (χ4n) is 8.52. The molecule has 2 heterocycles. The molecule has 4 aromatic rings. The molecule has 3 aliphatic rings. The van der Waals surface area contributed by atoms with Gasteiger partial charge in [-0.25, -0.2) is 0 Å². The Morgan fingerprint density at radius 3 is 1.88 bits per heavy atom. The van der Waals surface area contributed by atoms with Gasteiger partial charge in [-0.1, -0.05) is 116 Å². The molecule has 6 nitrogen and oxygen atoms in total. The Bertz CT molecular complexity index is 1790. The number of likely N-dealkylation sites (tertiary alicyclic amines) is 1. The molecule has 2 saturated heterocycles. The Hall–Kier alpha value is -3.75. The maximum atomic E-state index is 14.9. The van der Waals surface area contributed by atoms with Crippen molar-refractivity contribution in [2.75, 3.05) is 13.2 Å². The van der Waals surface area contributed by atoms with Gasteiger partial charge in [-0.3, -0.25) is 9.69 Å². The normalized spacial score (nSPS) is 23.0. The highest BCUT2D eigenvalue weighted by Gasteiger charge is 2.66. The minimum absolute atomic E-state index is 0.218. The van der Waals surface area contributed by atoms with E-state index in [-0.39, 0.29) is 13.1 Å². The largest absolute Gasteiger partial charge is 0.459 e. The summed E-state index contributed by atoms with van der Waals surface area (Å²) in [5.41, 5.74) is 4.31. The SMILES string of the molecule is CC(C)(C)OC(=O)C1N(C2(c3ccccc3)c3ccccc3-c3ccccc32)C[C@]1(CCCB1OC(C)(C)C(C)(C)O1)COCc1ccccc1. The van der Waals surface area contributed by atoms with Gasteiger partial charge in [-0.05, 0) is 94.6 Å². The minimum atomic E-state index is -0.704. The molecule has 7 rings (SSSR count). The molecule has 0 saturated carbocycles. The summed E-state index contributed by atoms with van der Waals surface area (Å²) < 4.78 is 25.8. The number of carbonyl (C=O) groups is 1. The first-order chi connectivity index (χ1) is 24.3. The number of nitrogens with zero attached hydrogens (tertiary/aromatic N) is 1. The zero-order valence-electron chi connectivity index (χ0n) is 31.3. The van der Waals surface area contributed by atoms with Gasteiger partial charge in [0.05, 0.1) is 30.0 Å². The molecule has 4 aromatic carbocycles. The van der Waals surface area contributed by atoms with Gasteiger partial charge in [-0.15, -0.1) is 0 Å². The summed E-state index contributed by atoms with van der Waals surface area (Å²) in [6.07, 6.45) is 2.29. The predicted octanol–water partition coefficient (Wildman–Crippen LogP) is 9.06. The van der Waals surface area contributed by atoms with Crippen LogP contribution in [0.2, 0.25) is 6.32 Å². The molecular weight excluding hydrogens is 633 g/mol. The highest BCUT2D eigenvalue weighted by molar-refractivity contribution is 6.45. The van der Waals surface area contributed by atoms with Crippen LogP contribution in [0.25, 0.3) is 11.1 Å². The van der Waals surface area contributed by atoms with Gasteiger partial charge in [0, 0.05) is 12.0 Å². The third-order valence-electron chi connectivity index (χ3n) is 11.5. The highest BCUT2D eigenvalue weighted by Crippen LogP contribution is 2.60. The van der Waals surface area contributed by atoms with Gasteiger partial charge in [0.1, 0.15) is 11.6 Å². The summed E-state index contributed by atoms with van der Waals surface area (Å²) in [5.74, 6) is -0.218. The number of carbonyl (C=O) groups excluding carboxylic acids is 1. The van der Waals surface area contributed by atoms with Gasteiger partial charge >= 0.3 is 13.1 Å². The van der Waals surface area contributed by atoms with Crippen LogP contribution in [-0.4, -0.2) is 54.0 Å². The number of rotatable bonds is 11. The molecule has 1 aliphatic carbocycles. The van der Waals surface area contributed by atoms with E-state index < -0.39 is 33.8 Å². The first-order valence-electron chi connectivity index (χ1n) is 18.5. The second kappa shape index (κ2) is 13.3. The topological polar surface area (TPSA) is 57.2 Å². The van der Waals surface area contributed by atoms with Crippen LogP contribution >= 0.6 is 0 Å². The predicted molar refractivity (Wildman–Crippen MR) is 203 cm³/mol. The summed E-state index contributed by atoms with van der Waals surface area (Å²) >= 11 is 0. The molecule has 7 heteroatoms. The summed E-state index contributed by atoms with van der Waals surface area (Å²) in [6.45, 7) is 15.8. The van der Waals surface area contributed by atoms with Crippen LogP contribution in [0.1, 0.15) is 83.6 Å². The van der Waals surface area contributed by atoms with Crippen LogP contribution in [-0.2, 0) is 35.7 Å². The lowest BCUT2D eigenvalue weighted by atomic mass is 9.62. The number of hydrogen-bond donors (Lipinski definition) is 0. The van der Waals surface area contributed by atoms with Crippen LogP contribution in [0, 0.1) is 5.41 Å². The fourth-order valence-corrected chi connectivity index (χ4v) is 8.52. The van der Waals surface area contributed by atoms with Crippen LogP contribution in [0.4, 0.5) is 0 Å². The number of benzene rings is 4. The molecule has 2 aliphatic heterocycles. The van der Waals surface area contributed by atoms with Crippen LogP contribution in [0.5, 0.6) is 0 Å². The summed E-state index contributed by atoms with van der Waals surface area (Å²) in [7, 11) is -0.308. The van der Waals surface area contributed by atoms with Crippen molar-refractivity contribution in [2.45, 2.75) is 103 Å². The first kappa shape index (κ1) is 35.6. The molecular formula is C44H52BNO5. The Balaban J connectivity index is 1.31. The third kappa shape index (κ3) is 6.37. The van der Waals surface area contributed by atoms with Crippen LogP contribution in [0.3, 0.4) is 0 Å². The van der Waals surface area contributed by atoms with Gasteiger partial charge in [0.25, 0.3) is 0 Å². The Labute approximate surface area is 304 Å². The van der Waals surface area contributed by atoms with E-state index in [1.54, 1.807) is 0 Å². The van der Waals surface area contributed by atoms with Crippen molar-refractivity contribution in [1.82, 2.24) is 4.90 Å². The zero-order chi connectivity index (χ0) is 36.1. The van der Waals surface area contributed by atoms with Gasteiger partial charge in [0.2, 0.25) is 0 Å². The molecule has 266 valence electrons. The van der Waals surface area contributed by atoms with E-state index in [2.05, 4.69) is 124 Å². The third-order valence-corrected chi connectivity index (χ3v) is 11.5. The van der Waals surface area contributed by atoms with E-state index in [4.69, 9.17) is 18.8 Å². The van der Waals surface area contributed by atoms with E-state index in [1.165, 1.54) is 22.3 Å². The van der Waals surface area contributed by atoms with E-state index in [9.17, 15) is 4.79 Å². The van der Waals surface area contributed by atoms with Crippen molar-refractivity contribution in [1.29, 1.82) is 0 Å². The van der Waals surface area contributed by atoms with Gasteiger partial charge in [0.15, 0.2) is 0 Å². The number of esters is 1. The quantitative estimate of drug-likeness (QED) is 0.116. The average Bonchev–Trinajstić information content (AvgIpc) is 3.49. The molecule has 51 heavy (non-hydrogen) atoms. The molecule has 2 atom stereocenters. The van der Waals surface area contributed by atoms with E-state index in [0.29, 0.717) is 19.8 Å². The summed E-state index contributed by atoms with van der Waals surface area (Å²) in [6, 6.07) is 37.7. The lowest BCUT2D eigenvalue weighted by Gasteiger charge is -2.62. The van der Waals surface area contributed by atoms with Crippen LogP contribution < -0.4 is 0 Å². The minimum Gasteiger partial charge on any atom is -0.459 e. The smallest absolute Gasteiger partial charge is 0.457 e. The van der Waals surface area contributed by atoms with E-state index in [0.717, 1.165) is 30.3 Å².